The number of nitrogens with zero attached hydrogens (tertiary/aromatic N) is 3. The first-order chi connectivity index (χ1) is 12.1. The lowest BCUT2D eigenvalue weighted by molar-refractivity contribution is -0.117. The number of aromatic nitrogens is 1. The highest BCUT2D eigenvalue weighted by atomic mass is 35.5. The molecule has 1 aromatic heterocycles. The number of pyridine rings is 1. The van der Waals surface area contributed by atoms with E-state index in [0.29, 0.717) is 11.6 Å². The summed E-state index contributed by atoms with van der Waals surface area (Å²) >= 11 is 5.94. The topological polar surface area (TPSA) is 48.5 Å². The third kappa shape index (κ3) is 5.26. The highest BCUT2D eigenvalue weighted by molar-refractivity contribution is 6.30. The molecule has 1 aromatic carbocycles. The van der Waals surface area contributed by atoms with Gasteiger partial charge in [0.15, 0.2) is 0 Å². The van der Waals surface area contributed by atoms with Crippen LogP contribution in [0.4, 0.5) is 5.69 Å². The minimum atomic E-state index is -0.00109. The summed E-state index contributed by atoms with van der Waals surface area (Å²) in [6.07, 6.45) is 1.83. The number of anilines is 1. The average Bonchev–Trinajstić information content (AvgIpc) is 2.58. The zero-order chi connectivity index (χ0) is 17.6. The van der Waals surface area contributed by atoms with Crippen LogP contribution in [0.1, 0.15) is 11.3 Å². The van der Waals surface area contributed by atoms with E-state index in [1.165, 1.54) is 5.56 Å². The van der Waals surface area contributed by atoms with Gasteiger partial charge in [-0.2, -0.15) is 0 Å². The minimum Gasteiger partial charge on any atom is -0.325 e. The van der Waals surface area contributed by atoms with Crippen LogP contribution in [0.5, 0.6) is 0 Å². The Morgan fingerprint density at radius 2 is 1.92 bits per heavy atom. The number of carbonyl (C=O) groups is 1. The molecule has 25 heavy (non-hydrogen) atoms. The van der Waals surface area contributed by atoms with Crippen molar-refractivity contribution >= 4 is 23.2 Å². The van der Waals surface area contributed by atoms with Gasteiger partial charge < -0.3 is 5.32 Å². The molecule has 1 saturated heterocycles. The molecule has 1 aliphatic rings. The molecule has 0 bridgehead atoms. The van der Waals surface area contributed by atoms with Gasteiger partial charge in [-0.05, 0) is 36.8 Å². The van der Waals surface area contributed by atoms with Crippen molar-refractivity contribution < 1.29 is 4.79 Å². The predicted molar refractivity (Wildman–Crippen MR) is 101 cm³/mol. The van der Waals surface area contributed by atoms with Crippen LogP contribution < -0.4 is 5.32 Å². The van der Waals surface area contributed by atoms with Gasteiger partial charge in [-0.25, -0.2) is 0 Å². The maximum atomic E-state index is 12.2. The monoisotopic (exact) mass is 358 g/mol. The van der Waals surface area contributed by atoms with Gasteiger partial charge in [-0.3, -0.25) is 19.6 Å². The van der Waals surface area contributed by atoms with Crippen LogP contribution in [0, 0.1) is 6.92 Å². The Kier molecular flexibility index (Phi) is 6.02. The molecule has 0 unspecified atom stereocenters. The summed E-state index contributed by atoms with van der Waals surface area (Å²) < 4.78 is 0. The van der Waals surface area contributed by atoms with E-state index in [1.54, 1.807) is 12.1 Å². The zero-order valence-electron chi connectivity index (χ0n) is 14.4. The molecule has 1 amide bonds. The summed E-state index contributed by atoms with van der Waals surface area (Å²) in [4.78, 5) is 21.1. The summed E-state index contributed by atoms with van der Waals surface area (Å²) in [5.41, 5.74) is 3.10. The maximum absolute atomic E-state index is 12.2. The first-order valence-electron chi connectivity index (χ1n) is 8.51. The van der Waals surface area contributed by atoms with Gasteiger partial charge >= 0.3 is 0 Å². The zero-order valence-corrected chi connectivity index (χ0v) is 15.2. The standard InChI is InChI=1S/C19H23ClN4O/c1-15-16(4-3-7-21-15)13-23-8-10-24(11-9-23)14-19(25)22-18-6-2-5-17(20)12-18/h2-7,12H,8-11,13-14H2,1H3,(H,22,25). The minimum absolute atomic E-state index is 0.00109. The molecule has 2 aromatic rings. The van der Waals surface area contributed by atoms with Crippen LogP contribution in [0.25, 0.3) is 0 Å². The second-order valence-corrected chi connectivity index (χ2v) is 6.80. The number of halogens is 1. The van der Waals surface area contributed by atoms with E-state index in [4.69, 9.17) is 11.6 Å². The number of benzene rings is 1. The van der Waals surface area contributed by atoms with Crippen molar-refractivity contribution in [1.82, 2.24) is 14.8 Å². The summed E-state index contributed by atoms with van der Waals surface area (Å²) in [5, 5.41) is 3.52. The molecule has 6 heteroatoms. The van der Waals surface area contributed by atoms with Crippen LogP contribution in [-0.2, 0) is 11.3 Å². The van der Waals surface area contributed by atoms with Crippen LogP contribution in [-0.4, -0.2) is 53.4 Å². The van der Waals surface area contributed by atoms with Crippen molar-refractivity contribution in [2.75, 3.05) is 38.0 Å². The Hall–Kier alpha value is -1.95. The summed E-state index contributed by atoms with van der Waals surface area (Å²) in [6.45, 7) is 7.07. The smallest absolute Gasteiger partial charge is 0.238 e. The van der Waals surface area contributed by atoms with Gasteiger partial charge in [-0.15, -0.1) is 0 Å². The van der Waals surface area contributed by atoms with E-state index in [2.05, 4.69) is 26.2 Å². The van der Waals surface area contributed by atoms with Gasteiger partial charge in [0.05, 0.1) is 6.54 Å². The van der Waals surface area contributed by atoms with Crippen LogP contribution in [0.15, 0.2) is 42.6 Å². The quantitative estimate of drug-likeness (QED) is 0.892. The van der Waals surface area contributed by atoms with E-state index < -0.39 is 0 Å². The maximum Gasteiger partial charge on any atom is 0.238 e. The number of hydrogen-bond acceptors (Lipinski definition) is 4. The van der Waals surface area contributed by atoms with Crippen molar-refractivity contribution in [3.05, 3.63) is 58.9 Å². The molecular weight excluding hydrogens is 336 g/mol. The number of piperazine rings is 1. The molecule has 0 saturated carbocycles. The molecule has 0 radical (unpaired) electrons. The molecule has 0 spiro atoms. The molecule has 2 heterocycles. The van der Waals surface area contributed by atoms with E-state index in [9.17, 15) is 4.79 Å². The van der Waals surface area contributed by atoms with E-state index in [0.717, 1.165) is 44.1 Å². The second-order valence-electron chi connectivity index (χ2n) is 6.36. The van der Waals surface area contributed by atoms with Gasteiger partial charge in [0.25, 0.3) is 0 Å². The SMILES string of the molecule is Cc1ncccc1CN1CCN(CC(=O)Nc2cccc(Cl)c2)CC1. The van der Waals surface area contributed by atoms with E-state index in [-0.39, 0.29) is 5.91 Å². The first-order valence-corrected chi connectivity index (χ1v) is 8.88. The predicted octanol–water partition coefficient (Wildman–Crippen LogP) is 2.80. The van der Waals surface area contributed by atoms with Crippen molar-refractivity contribution in [2.45, 2.75) is 13.5 Å². The fourth-order valence-corrected chi connectivity index (χ4v) is 3.19. The number of carbonyl (C=O) groups excluding carboxylic acids is 1. The van der Waals surface area contributed by atoms with Gasteiger partial charge in [0.1, 0.15) is 0 Å². The first kappa shape index (κ1) is 17.9. The Balaban J connectivity index is 1.44. The highest BCUT2D eigenvalue weighted by Crippen LogP contribution is 2.15. The van der Waals surface area contributed by atoms with Gasteiger partial charge in [-0.1, -0.05) is 23.7 Å². The van der Waals surface area contributed by atoms with Crippen molar-refractivity contribution in [2.24, 2.45) is 0 Å². The largest absolute Gasteiger partial charge is 0.325 e. The van der Waals surface area contributed by atoms with Crippen LogP contribution in [0.3, 0.4) is 0 Å². The second kappa shape index (κ2) is 8.43. The molecule has 132 valence electrons. The van der Waals surface area contributed by atoms with E-state index in [1.807, 2.05) is 31.3 Å². The fourth-order valence-electron chi connectivity index (χ4n) is 3.00. The number of rotatable bonds is 5. The van der Waals surface area contributed by atoms with Crippen molar-refractivity contribution in [3.8, 4) is 0 Å². The van der Waals surface area contributed by atoms with Crippen molar-refractivity contribution in [3.63, 3.8) is 0 Å². The van der Waals surface area contributed by atoms with Gasteiger partial charge in [0.2, 0.25) is 5.91 Å². The molecule has 0 aliphatic carbocycles. The molecule has 5 nitrogen and oxygen atoms in total. The summed E-state index contributed by atoms with van der Waals surface area (Å²) in [5.74, 6) is -0.00109. The van der Waals surface area contributed by atoms with Crippen molar-refractivity contribution in [1.29, 1.82) is 0 Å². The molecule has 1 aliphatic heterocycles. The average molecular weight is 359 g/mol. The summed E-state index contributed by atoms with van der Waals surface area (Å²) in [7, 11) is 0. The lowest BCUT2D eigenvalue weighted by Crippen LogP contribution is -2.48. The highest BCUT2D eigenvalue weighted by Gasteiger charge is 2.19. The Bertz CT molecular complexity index is 729. The summed E-state index contributed by atoms with van der Waals surface area (Å²) in [6, 6.07) is 11.3. The third-order valence-corrected chi connectivity index (χ3v) is 4.69. The number of hydrogen-bond donors (Lipinski definition) is 1. The molecule has 1 fully saturated rings. The molecule has 3 rings (SSSR count). The number of aryl methyl sites for hydroxylation is 1. The van der Waals surface area contributed by atoms with E-state index >= 15 is 0 Å². The van der Waals surface area contributed by atoms with Crippen LogP contribution in [0.2, 0.25) is 5.02 Å². The Morgan fingerprint density at radius 3 is 2.64 bits per heavy atom. The normalized spacial score (nSPS) is 15.9. The Labute approximate surface area is 153 Å². The number of amides is 1. The van der Waals surface area contributed by atoms with Crippen LogP contribution >= 0.6 is 11.6 Å². The van der Waals surface area contributed by atoms with Gasteiger partial charge in [0, 0.05) is 55.3 Å². The molecular formula is C19H23ClN4O. The number of nitrogens with one attached hydrogen (secondary N) is 1. The Morgan fingerprint density at radius 1 is 1.16 bits per heavy atom. The fraction of sp³-hybridized carbons (Fsp3) is 0.368. The third-order valence-electron chi connectivity index (χ3n) is 4.45. The molecule has 0 atom stereocenters. The molecule has 1 N–H and O–H groups in total. The lowest BCUT2D eigenvalue weighted by Gasteiger charge is -2.34. The lowest BCUT2D eigenvalue weighted by atomic mass is 10.2.